The summed E-state index contributed by atoms with van der Waals surface area (Å²) >= 11 is 0. The van der Waals surface area contributed by atoms with Gasteiger partial charge >= 0.3 is 0 Å². The van der Waals surface area contributed by atoms with Crippen LogP contribution in [0, 0.1) is 0 Å². The molecule has 3 heterocycles. The molecule has 0 amide bonds. The van der Waals surface area contributed by atoms with Gasteiger partial charge in [0, 0.05) is 36.4 Å². The maximum Gasteiger partial charge on any atom is 0.210 e. The number of nitrogens with zero attached hydrogens (tertiary/aromatic N) is 6. The molecule has 9 heteroatoms. The average Bonchev–Trinajstić information content (AvgIpc) is 3.54. The Balaban J connectivity index is 1.36. The topological polar surface area (TPSA) is 94.7 Å². The minimum absolute atomic E-state index is 0.162. The predicted octanol–water partition coefficient (Wildman–Crippen LogP) is 5.00. The van der Waals surface area contributed by atoms with Crippen LogP contribution in [0.2, 0.25) is 0 Å². The first-order chi connectivity index (χ1) is 17.1. The van der Waals surface area contributed by atoms with Gasteiger partial charge in [-0.25, -0.2) is 19.9 Å². The van der Waals surface area contributed by atoms with Crippen molar-refractivity contribution in [3.05, 3.63) is 79.1 Å². The third-order valence-electron chi connectivity index (χ3n) is 5.78. The number of nitrogens with one attached hydrogen (secondary N) is 2. The van der Waals surface area contributed by atoms with Crippen LogP contribution < -0.4 is 15.4 Å². The Labute approximate surface area is 203 Å². The summed E-state index contributed by atoms with van der Waals surface area (Å²) in [5.41, 5.74) is 4.73. The molecular weight excluding hydrogens is 440 g/mol. The molecule has 0 saturated carbocycles. The molecule has 0 spiro atoms. The summed E-state index contributed by atoms with van der Waals surface area (Å²) in [7, 11) is 1.67. The number of ether oxygens (including phenoxy) is 1. The van der Waals surface area contributed by atoms with E-state index in [0.29, 0.717) is 0 Å². The van der Waals surface area contributed by atoms with Crippen molar-refractivity contribution >= 4 is 28.6 Å². The summed E-state index contributed by atoms with van der Waals surface area (Å²) < 4.78 is 9.29. The maximum absolute atomic E-state index is 5.24. The molecule has 0 bridgehead atoms. The Bertz CT molecular complexity index is 1390. The fourth-order valence-corrected chi connectivity index (χ4v) is 3.99. The lowest BCUT2D eigenvalue weighted by atomic mass is 10.1. The number of methoxy groups -OCH3 is 1. The van der Waals surface area contributed by atoms with E-state index < -0.39 is 0 Å². The minimum Gasteiger partial charge on any atom is -0.497 e. The van der Waals surface area contributed by atoms with Crippen molar-refractivity contribution in [1.29, 1.82) is 0 Å². The molecule has 0 radical (unpaired) electrons. The van der Waals surface area contributed by atoms with Crippen molar-refractivity contribution in [3.63, 3.8) is 0 Å². The average molecular weight is 469 g/mol. The van der Waals surface area contributed by atoms with Crippen LogP contribution in [-0.4, -0.2) is 42.7 Å². The number of anilines is 3. The molecule has 9 nitrogen and oxygen atoms in total. The zero-order chi connectivity index (χ0) is 24.2. The fourth-order valence-electron chi connectivity index (χ4n) is 3.99. The molecule has 3 aromatic heterocycles. The molecule has 0 fully saturated rings. The third-order valence-corrected chi connectivity index (χ3v) is 5.78. The van der Waals surface area contributed by atoms with Gasteiger partial charge in [-0.15, -0.1) is 0 Å². The van der Waals surface area contributed by atoms with Crippen LogP contribution >= 0.6 is 0 Å². The lowest BCUT2D eigenvalue weighted by molar-refractivity contribution is 0.414. The van der Waals surface area contributed by atoms with E-state index in [1.54, 1.807) is 26.0 Å². The zero-order valence-corrected chi connectivity index (χ0v) is 20.0. The van der Waals surface area contributed by atoms with Crippen LogP contribution in [0.25, 0.3) is 16.9 Å². The molecule has 5 aromatic rings. The Morgan fingerprint density at radius 1 is 1.00 bits per heavy atom. The Hall–Kier alpha value is -4.40. The molecule has 0 aliphatic carbocycles. The van der Waals surface area contributed by atoms with Gasteiger partial charge in [0.25, 0.3) is 0 Å². The van der Waals surface area contributed by atoms with Gasteiger partial charge in [-0.1, -0.05) is 12.1 Å². The number of aromatic nitrogens is 6. The van der Waals surface area contributed by atoms with Crippen LogP contribution in [0.5, 0.6) is 5.75 Å². The highest BCUT2D eigenvalue weighted by Crippen LogP contribution is 2.28. The van der Waals surface area contributed by atoms with Crippen LogP contribution in [0.15, 0.2) is 73.6 Å². The van der Waals surface area contributed by atoms with Gasteiger partial charge in [0.05, 0.1) is 13.4 Å². The van der Waals surface area contributed by atoms with Crippen molar-refractivity contribution in [3.8, 4) is 11.4 Å². The summed E-state index contributed by atoms with van der Waals surface area (Å²) in [6.07, 6.45) is 7.91. The maximum atomic E-state index is 5.24. The number of rotatable bonds is 9. The Kier molecular flexibility index (Phi) is 6.30. The van der Waals surface area contributed by atoms with Crippen LogP contribution in [0.4, 0.5) is 17.5 Å². The number of hydrogen-bond acceptors (Lipinski definition) is 7. The number of benzene rings is 2. The van der Waals surface area contributed by atoms with E-state index in [1.807, 2.05) is 47.2 Å². The molecule has 2 aromatic carbocycles. The predicted molar refractivity (Wildman–Crippen MR) is 138 cm³/mol. The van der Waals surface area contributed by atoms with E-state index in [9.17, 15) is 0 Å². The molecule has 178 valence electrons. The van der Waals surface area contributed by atoms with Crippen LogP contribution in [-0.2, 0) is 6.42 Å². The monoisotopic (exact) mass is 468 g/mol. The van der Waals surface area contributed by atoms with Crippen LogP contribution in [0.1, 0.15) is 25.5 Å². The first-order valence-corrected chi connectivity index (χ1v) is 11.6. The second-order valence-electron chi connectivity index (χ2n) is 8.46. The van der Waals surface area contributed by atoms with E-state index in [1.165, 1.54) is 5.56 Å². The van der Waals surface area contributed by atoms with E-state index >= 15 is 0 Å². The van der Waals surface area contributed by atoms with E-state index in [2.05, 4.69) is 56.1 Å². The molecule has 0 unspecified atom stereocenters. The number of fused-ring (bicyclic) bond motifs is 1. The molecular formula is C26H28N8O. The largest absolute Gasteiger partial charge is 0.497 e. The Morgan fingerprint density at radius 2 is 1.80 bits per heavy atom. The summed E-state index contributed by atoms with van der Waals surface area (Å²) in [5, 5.41) is 6.89. The molecule has 2 N–H and O–H groups in total. The lowest BCUT2D eigenvalue weighted by Crippen LogP contribution is -2.08. The smallest absolute Gasteiger partial charge is 0.210 e. The summed E-state index contributed by atoms with van der Waals surface area (Å²) in [4.78, 5) is 18.0. The van der Waals surface area contributed by atoms with Gasteiger partial charge < -0.3 is 19.9 Å². The first kappa shape index (κ1) is 22.4. The van der Waals surface area contributed by atoms with Crippen molar-refractivity contribution in [2.45, 2.75) is 26.3 Å². The summed E-state index contributed by atoms with van der Waals surface area (Å²) in [5.74, 6) is 2.31. The fraction of sp³-hybridized carbons (Fsp3) is 0.231. The van der Waals surface area contributed by atoms with Crippen molar-refractivity contribution in [2.75, 3.05) is 24.3 Å². The standard InChI is InChI=1S/C26H28N8O/c1-18(2)34-25-23(24(29-16-30-25)28-13-12-19-4-10-22(35-3)11-5-19)32-26(34)31-20-6-8-21(9-7-20)33-15-14-27-17-33/h4-11,14-18H,12-13H2,1-3H3,(H,31,32)(H,28,29,30). The molecule has 0 aliphatic rings. The SMILES string of the molecule is COc1ccc(CCNc2ncnc3c2nc(Nc2ccc(-n4ccnc4)cc2)n3C(C)C)cc1. The van der Waals surface area contributed by atoms with Gasteiger partial charge in [0.2, 0.25) is 5.95 Å². The summed E-state index contributed by atoms with van der Waals surface area (Å²) in [6.45, 7) is 4.96. The lowest BCUT2D eigenvalue weighted by Gasteiger charge is -2.14. The number of hydrogen-bond donors (Lipinski definition) is 2. The van der Waals surface area contributed by atoms with Crippen LogP contribution in [0.3, 0.4) is 0 Å². The highest BCUT2D eigenvalue weighted by atomic mass is 16.5. The second-order valence-corrected chi connectivity index (χ2v) is 8.46. The highest BCUT2D eigenvalue weighted by Gasteiger charge is 2.18. The van der Waals surface area contributed by atoms with Gasteiger partial charge in [0.1, 0.15) is 12.1 Å². The molecule has 35 heavy (non-hydrogen) atoms. The van der Waals surface area contributed by atoms with E-state index in [4.69, 9.17) is 9.72 Å². The summed E-state index contributed by atoms with van der Waals surface area (Å²) in [6, 6.07) is 16.4. The van der Waals surface area contributed by atoms with Gasteiger partial charge in [-0.05, 0) is 62.2 Å². The van der Waals surface area contributed by atoms with Crippen molar-refractivity contribution in [2.24, 2.45) is 0 Å². The molecule has 0 aliphatic heterocycles. The molecule has 0 atom stereocenters. The van der Waals surface area contributed by atoms with E-state index in [0.717, 1.165) is 53.0 Å². The quantitative estimate of drug-likeness (QED) is 0.314. The minimum atomic E-state index is 0.162. The van der Waals surface area contributed by atoms with Crippen molar-refractivity contribution in [1.82, 2.24) is 29.1 Å². The van der Waals surface area contributed by atoms with Gasteiger partial charge in [0.15, 0.2) is 17.0 Å². The van der Waals surface area contributed by atoms with Gasteiger partial charge in [-0.2, -0.15) is 0 Å². The zero-order valence-electron chi connectivity index (χ0n) is 20.0. The Morgan fingerprint density at radius 3 is 2.49 bits per heavy atom. The number of imidazole rings is 2. The first-order valence-electron chi connectivity index (χ1n) is 11.6. The van der Waals surface area contributed by atoms with Crippen molar-refractivity contribution < 1.29 is 4.74 Å². The third kappa shape index (κ3) is 4.79. The van der Waals surface area contributed by atoms with Gasteiger partial charge in [-0.3, -0.25) is 4.57 Å². The molecule has 5 rings (SSSR count). The van der Waals surface area contributed by atoms with E-state index in [-0.39, 0.29) is 6.04 Å². The molecule has 0 saturated heterocycles. The highest BCUT2D eigenvalue weighted by molar-refractivity contribution is 5.86. The normalized spacial score (nSPS) is 11.2. The second kappa shape index (κ2) is 9.84.